The van der Waals surface area contributed by atoms with E-state index in [1.165, 1.54) is 4.90 Å². The molecule has 0 saturated heterocycles. The summed E-state index contributed by atoms with van der Waals surface area (Å²) in [5.41, 5.74) is 0.395. The normalized spacial score (nSPS) is 22.1. The van der Waals surface area contributed by atoms with E-state index in [1.807, 2.05) is 0 Å². The van der Waals surface area contributed by atoms with Crippen LogP contribution in [-0.2, 0) is 0 Å². The lowest BCUT2D eigenvalue weighted by Crippen LogP contribution is -2.44. The third-order valence-electron chi connectivity index (χ3n) is 3.55. The molecule has 1 N–H and O–H groups in total. The van der Waals surface area contributed by atoms with Gasteiger partial charge in [-0.25, -0.2) is 0 Å². The number of benzene rings is 1. The summed E-state index contributed by atoms with van der Waals surface area (Å²) < 4.78 is 61.3. The van der Waals surface area contributed by atoms with Crippen molar-refractivity contribution in [2.75, 3.05) is 13.5 Å². The second-order valence-electron chi connectivity index (χ2n) is 4.92. The van der Waals surface area contributed by atoms with Gasteiger partial charge in [-0.05, 0) is 18.2 Å². The summed E-state index contributed by atoms with van der Waals surface area (Å²) in [6.45, 7) is -2.54. The predicted octanol–water partition coefficient (Wildman–Crippen LogP) is 3.96. The van der Waals surface area contributed by atoms with Crippen LogP contribution in [0.5, 0.6) is 0 Å². The van der Waals surface area contributed by atoms with Crippen LogP contribution >= 0.6 is 11.6 Å². The maximum atomic E-state index is 13.2. The maximum Gasteiger partial charge on any atom is 0.416 e. The monoisotopic (exact) mass is 342 g/mol. The molecule has 0 unspecified atom stereocenters. The molecule has 0 atom stereocenters. The standard InChI is InChI=1S/C16H13ClF3N3/c1-21-15-22-9-12(11-4-2-3-5-13(11)17)14-8-10(16(18,19)20)6-7-23(14)15/h2-8H,9H2,1H3,(H,21,22)/i1D3. The molecule has 0 bridgehead atoms. The highest BCUT2D eigenvalue weighted by Gasteiger charge is 2.36. The van der Waals surface area contributed by atoms with E-state index in [1.54, 1.807) is 24.3 Å². The number of nitrogens with zero attached hydrogens (tertiary/aromatic N) is 2. The van der Waals surface area contributed by atoms with Gasteiger partial charge in [0, 0.05) is 40.0 Å². The molecule has 0 aromatic heterocycles. The highest BCUT2D eigenvalue weighted by Crippen LogP contribution is 2.36. The fraction of sp³-hybridized carbons (Fsp3) is 0.188. The van der Waals surface area contributed by atoms with Crippen LogP contribution in [0, 0.1) is 0 Å². The number of hydrogen-bond acceptors (Lipinski definition) is 1. The lowest BCUT2D eigenvalue weighted by atomic mass is 9.98. The van der Waals surface area contributed by atoms with Gasteiger partial charge >= 0.3 is 6.18 Å². The molecule has 1 aromatic carbocycles. The molecular weight excluding hydrogens is 327 g/mol. The first-order valence-corrected chi connectivity index (χ1v) is 7.02. The fourth-order valence-electron chi connectivity index (χ4n) is 2.47. The van der Waals surface area contributed by atoms with E-state index >= 15 is 0 Å². The molecule has 0 fully saturated rings. The number of nitrogens with one attached hydrogen (secondary N) is 1. The minimum atomic E-state index is -4.53. The summed E-state index contributed by atoms with van der Waals surface area (Å²) in [4.78, 5) is 4.87. The third-order valence-corrected chi connectivity index (χ3v) is 3.88. The number of aliphatic imine (C=N–C) groups is 1. The first-order valence-electron chi connectivity index (χ1n) is 8.14. The first kappa shape index (κ1) is 12.2. The Hall–Kier alpha value is -2.21. The number of alkyl halides is 3. The van der Waals surface area contributed by atoms with Gasteiger partial charge in [0.05, 0.1) is 11.3 Å². The quantitative estimate of drug-likeness (QED) is 0.836. The van der Waals surface area contributed by atoms with Crippen molar-refractivity contribution in [3.05, 3.63) is 64.5 Å². The van der Waals surface area contributed by atoms with Crippen molar-refractivity contribution in [1.29, 1.82) is 0 Å². The number of allylic oxidation sites excluding steroid dienone is 3. The Kier molecular flexibility index (Phi) is 3.07. The SMILES string of the molecule is [2H]C([2H])([2H])N=C1NCC(c2ccccc2Cl)=C2C=C(C(F)(F)F)C=CN12. The van der Waals surface area contributed by atoms with Crippen LogP contribution in [0.15, 0.2) is 58.9 Å². The van der Waals surface area contributed by atoms with Crippen molar-refractivity contribution < 1.29 is 17.3 Å². The highest BCUT2D eigenvalue weighted by molar-refractivity contribution is 6.32. The minimum Gasteiger partial charge on any atom is -0.351 e. The van der Waals surface area contributed by atoms with E-state index in [0.29, 0.717) is 16.2 Å². The Bertz CT molecular complexity index is 854. The summed E-state index contributed by atoms with van der Waals surface area (Å²) in [5, 5.41) is 3.22. The van der Waals surface area contributed by atoms with Gasteiger partial charge in [0.1, 0.15) is 0 Å². The summed E-state index contributed by atoms with van der Waals surface area (Å²) in [6.07, 6.45) is -1.55. The van der Waals surface area contributed by atoms with Crippen LogP contribution in [-0.4, -0.2) is 30.6 Å². The van der Waals surface area contributed by atoms with Crippen molar-refractivity contribution in [2.24, 2.45) is 4.99 Å². The zero-order valence-corrected chi connectivity index (χ0v) is 12.4. The van der Waals surface area contributed by atoms with Crippen LogP contribution in [0.2, 0.25) is 5.02 Å². The van der Waals surface area contributed by atoms with E-state index in [4.69, 9.17) is 15.7 Å². The number of guanidine groups is 1. The van der Waals surface area contributed by atoms with Crippen molar-refractivity contribution in [3.8, 4) is 0 Å². The second kappa shape index (κ2) is 5.77. The molecule has 7 heteroatoms. The Balaban J connectivity index is 2.18. The van der Waals surface area contributed by atoms with Gasteiger partial charge in [0.15, 0.2) is 0 Å². The molecule has 120 valence electrons. The van der Waals surface area contributed by atoms with Gasteiger partial charge in [-0.3, -0.25) is 9.89 Å². The van der Waals surface area contributed by atoms with E-state index in [2.05, 4.69) is 10.3 Å². The van der Waals surface area contributed by atoms with Gasteiger partial charge in [-0.1, -0.05) is 29.8 Å². The van der Waals surface area contributed by atoms with Gasteiger partial charge in [-0.2, -0.15) is 13.2 Å². The van der Waals surface area contributed by atoms with Crippen LogP contribution in [0.3, 0.4) is 0 Å². The molecule has 0 radical (unpaired) electrons. The lowest BCUT2D eigenvalue weighted by Gasteiger charge is -2.34. The van der Waals surface area contributed by atoms with Gasteiger partial charge in [0.25, 0.3) is 0 Å². The number of halogens is 4. The summed E-state index contributed by atoms with van der Waals surface area (Å²) in [6, 6.07) is 6.76. The lowest BCUT2D eigenvalue weighted by molar-refractivity contribution is -0.0885. The minimum absolute atomic E-state index is 0.0514. The van der Waals surface area contributed by atoms with Crippen LogP contribution in [0.4, 0.5) is 13.2 Å². The molecule has 0 aliphatic carbocycles. The van der Waals surface area contributed by atoms with E-state index < -0.39 is 18.7 Å². The Labute approximate surface area is 140 Å². The molecule has 0 spiro atoms. The topological polar surface area (TPSA) is 27.6 Å². The number of rotatable bonds is 1. The summed E-state index contributed by atoms with van der Waals surface area (Å²) in [5.74, 6) is -0.0514. The van der Waals surface area contributed by atoms with Crippen LogP contribution in [0.1, 0.15) is 9.68 Å². The van der Waals surface area contributed by atoms with Gasteiger partial charge in [0.2, 0.25) is 5.96 Å². The average molecular weight is 343 g/mol. The molecule has 0 amide bonds. The number of fused-ring (bicyclic) bond motifs is 1. The Morgan fingerprint density at radius 1 is 1.35 bits per heavy atom. The molecule has 2 aliphatic heterocycles. The van der Waals surface area contributed by atoms with Crippen LogP contribution in [0.25, 0.3) is 5.57 Å². The zero-order valence-electron chi connectivity index (χ0n) is 14.7. The Morgan fingerprint density at radius 2 is 2.13 bits per heavy atom. The van der Waals surface area contributed by atoms with Crippen molar-refractivity contribution >= 4 is 23.1 Å². The smallest absolute Gasteiger partial charge is 0.351 e. The average Bonchev–Trinajstić information content (AvgIpc) is 2.53. The first-order chi connectivity index (χ1) is 12.1. The molecule has 3 rings (SSSR count). The summed E-state index contributed by atoms with van der Waals surface area (Å²) in [7, 11) is 0. The Morgan fingerprint density at radius 3 is 2.83 bits per heavy atom. The highest BCUT2D eigenvalue weighted by atomic mass is 35.5. The van der Waals surface area contributed by atoms with Gasteiger partial charge < -0.3 is 5.32 Å². The fourth-order valence-corrected chi connectivity index (χ4v) is 2.72. The van der Waals surface area contributed by atoms with E-state index in [-0.39, 0.29) is 18.2 Å². The molecule has 0 saturated carbocycles. The molecule has 23 heavy (non-hydrogen) atoms. The molecule has 2 heterocycles. The van der Waals surface area contributed by atoms with Crippen molar-refractivity contribution in [2.45, 2.75) is 6.18 Å². The molecule has 1 aromatic rings. The second-order valence-corrected chi connectivity index (χ2v) is 5.32. The molecular formula is C16H13ClF3N3. The van der Waals surface area contributed by atoms with Crippen molar-refractivity contribution in [3.63, 3.8) is 0 Å². The van der Waals surface area contributed by atoms with E-state index in [0.717, 1.165) is 18.4 Å². The molecule has 3 nitrogen and oxygen atoms in total. The molecule has 2 aliphatic rings. The van der Waals surface area contributed by atoms with E-state index in [9.17, 15) is 13.2 Å². The summed E-state index contributed by atoms with van der Waals surface area (Å²) >= 11 is 6.20. The largest absolute Gasteiger partial charge is 0.416 e. The maximum absolute atomic E-state index is 13.2. The zero-order chi connectivity index (χ0) is 19.1. The third kappa shape index (κ3) is 2.86. The van der Waals surface area contributed by atoms with Crippen LogP contribution < -0.4 is 5.32 Å². The van der Waals surface area contributed by atoms with Gasteiger partial charge in [-0.15, -0.1) is 0 Å². The predicted molar refractivity (Wildman–Crippen MR) is 84.9 cm³/mol. The number of hydrogen-bond donors (Lipinski definition) is 1. The van der Waals surface area contributed by atoms with Crippen molar-refractivity contribution in [1.82, 2.24) is 10.2 Å².